The number of hydrogen-bond acceptors (Lipinski definition) is 3. The first kappa shape index (κ1) is 21.4. The van der Waals surface area contributed by atoms with Gasteiger partial charge in [-0.2, -0.15) is 8.42 Å². The summed E-state index contributed by atoms with van der Waals surface area (Å²) in [5, 5.41) is 9.16. The molecule has 0 radical (unpaired) electrons. The molecule has 0 amide bonds. The van der Waals surface area contributed by atoms with Crippen molar-refractivity contribution in [1.82, 2.24) is 0 Å². The average Bonchev–Trinajstić information content (AvgIpc) is 2.43. The fourth-order valence-corrected chi connectivity index (χ4v) is 3.74. The van der Waals surface area contributed by atoms with E-state index in [1.165, 1.54) is 45.4 Å². The van der Waals surface area contributed by atoms with Crippen molar-refractivity contribution in [2.45, 2.75) is 95.6 Å². The Bertz CT molecular complexity index is 405. The third kappa shape index (κ3) is 7.09. The van der Waals surface area contributed by atoms with Crippen LogP contribution in [0.15, 0.2) is 0 Å². The van der Waals surface area contributed by atoms with Crippen molar-refractivity contribution in [3.05, 3.63) is 0 Å². The fraction of sp³-hybridized carbons (Fsp3) is 0.938. The van der Waals surface area contributed by atoms with Crippen LogP contribution in [0.1, 0.15) is 90.9 Å². The Balaban J connectivity index is 3.95. The number of unbranched alkanes of at least 4 members (excludes halogenated alkanes) is 9. The Kier molecular flexibility index (Phi) is 10.7. The normalized spacial score (nSPS) is 14.7. The number of carbonyl (C=O) groups is 1. The lowest BCUT2D eigenvalue weighted by atomic mass is 9.96. The molecule has 22 heavy (non-hydrogen) atoms. The first-order valence-electron chi connectivity index (χ1n) is 8.52. The van der Waals surface area contributed by atoms with E-state index in [2.05, 4.69) is 6.92 Å². The maximum Gasteiger partial charge on any atom is 0.327 e. The largest absolute Gasteiger partial charge is 0.480 e. The van der Waals surface area contributed by atoms with E-state index in [-0.39, 0.29) is 12.8 Å². The van der Waals surface area contributed by atoms with E-state index in [1.54, 1.807) is 0 Å². The van der Waals surface area contributed by atoms with Gasteiger partial charge in [0.25, 0.3) is 10.1 Å². The summed E-state index contributed by atoms with van der Waals surface area (Å²) in [6.45, 7) is 3.68. The minimum atomic E-state index is -4.59. The summed E-state index contributed by atoms with van der Waals surface area (Å²) in [6, 6.07) is 0. The van der Waals surface area contributed by atoms with Crippen molar-refractivity contribution in [1.29, 1.82) is 0 Å². The SMILES string of the molecule is CCCCCCCCCCCCC(CC)(C(=O)O)S(=O)(=O)O. The Hall–Kier alpha value is -0.620. The zero-order chi connectivity index (χ0) is 17.1. The van der Waals surface area contributed by atoms with Gasteiger partial charge in [-0.1, -0.05) is 78.1 Å². The highest BCUT2D eigenvalue weighted by molar-refractivity contribution is 7.88. The molecule has 0 aromatic carbocycles. The number of rotatable bonds is 14. The third-order valence-electron chi connectivity index (χ3n) is 4.39. The van der Waals surface area contributed by atoms with E-state index in [0.717, 1.165) is 19.3 Å². The van der Waals surface area contributed by atoms with Gasteiger partial charge in [-0.25, -0.2) is 0 Å². The van der Waals surface area contributed by atoms with E-state index in [1.807, 2.05) is 0 Å². The fourth-order valence-electron chi connectivity index (χ4n) is 2.75. The molecule has 0 fully saturated rings. The second-order valence-corrected chi connectivity index (χ2v) is 7.79. The van der Waals surface area contributed by atoms with Gasteiger partial charge in [0.2, 0.25) is 0 Å². The molecule has 0 aliphatic carbocycles. The zero-order valence-corrected chi connectivity index (χ0v) is 14.8. The van der Waals surface area contributed by atoms with Crippen molar-refractivity contribution < 1.29 is 22.9 Å². The molecular weight excluding hydrogens is 304 g/mol. The van der Waals surface area contributed by atoms with E-state index in [4.69, 9.17) is 5.11 Å². The number of hydrogen-bond donors (Lipinski definition) is 2. The van der Waals surface area contributed by atoms with Crippen LogP contribution in [0.25, 0.3) is 0 Å². The summed E-state index contributed by atoms with van der Waals surface area (Å²) >= 11 is 0. The van der Waals surface area contributed by atoms with Crippen LogP contribution < -0.4 is 0 Å². The van der Waals surface area contributed by atoms with Crippen LogP contribution in [0.5, 0.6) is 0 Å². The standard InChI is InChI=1S/C16H32O5S/c1-3-5-6-7-8-9-10-11-12-13-14-16(4-2,15(17)18)22(19,20)21/h3-14H2,1-2H3,(H,17,18)(H,19,20,21). The van der Waals surface area contributed by atoms with E-state index < -0.39 is 20.8 Å². The molecular formula is C16H32O5S. The predicted molar refractivity (Wildman–Crippen MR) is 88.7 cm³/mol. The van der Waals surface area contributed by atoms with Gasteiger partial charge in [0.1, 0.15) is 0 Å². The van der Waals surface area contributed by atoms with E-state index in [9.17, 15) is 17.8 Å². The Morgan fingerprint density at radius 1 is 0.864 bits per heavy atom. The first-order chi connectivity index (χ1) is 10.3. The second kappa shape index (κ2) is 11.0. The lowest BCUT2D eigenvalue weighted by Crippen LogP contribution is -2.45. The van der Waals surface area contributed by atoms with Gasteiger partial charge in [-0.15, -0.1) is 0 Å². The summed E-state index contributed by atoms with van der Waals surface area (Å²) in [7, 11) is -4.59. The summed E-state index contributed by atoms with van der Waals surface area (Å²) in [5.74, 6) is -1.45. The van der Waals surface area contributed by atoms with Crippen LogP contribution in [-0.2, 0) is 14.9 Å². The smallest absolute Gasteiger partial charge is 0.327 e. The van der Waals surface area contributed by atoms with Crippen molar-refractivity contribution in [3.8, 4) is 0 Å². The molecule has 0 saturated heterocycles. The Labute approximate surface area is 135 Å². The quantitative estimate of drug-likeness (QED) is 0.362. The number of carboxylic acids is 1. The number of aliphatic carboxylic acids is 1. The average molecular weight is 336 g/mol. The van der Waals surface area contributed by atoms with Gasteiger partial charge in [0, 0.05) is 0 Å². The highest BCUT2D eigenvalue weighted by Gasteiger charge is 2.48. The molecule has 0 aliphatic rings. The van der Waals surface area contributed by atoms with Crippen molar-refractivity contribution in [2.24, 2.45) is 0 Å². The van der Waals surface area contributed by atoms with Gasteiger partial charge < -0.3 is 5.11 Å². The minimum absolute atomic E-state index is 0.0197. The van der Waals surface area contributed by atoms with Crippen LogP contribution >= 0.6 is 0 Å². The second-order valence-electron chi connectivity index (χ2n) is 6.06. The molecule has 0 saturated carbocycles. The topological polar surface area (TPSA) is 91.7 Å². The van der Waals surface area contributed by atoms with Crippen molar-refractivity contribution in [2.75, 3.05) is 0 Å². The first-order valence-corrected chi connectivity index (χ1v) is 9.96. The molecule has 2 N–H and O–H groups in total. The molecule has 1 unspecified atom stereocenters. The summed E-state index contributed by atoms with van der Waals surface area (Å²) in [5.41, 5.74) is 0. The van der Waals surface area contributed by atoms with Crippen molar-refractivity contribution >= 4 is 16.1 Å². The lowest BCUT2D eigenvalue weighted by Gasteiger charge is -2.24. The maximum atomic E-state index is 11.4. The Morgan fingerprint density at radius 2 is 1.27 bits per heavy atom. The molecule has 0 heterocycles. The monoisotopic (exact) mass is 336 g/mol. The molecule has 132 valence electrons. The minimum Gasteiger partial charge on any atom is -0.480 e. The van der Waals surface area contributed by atoms with Gasteiger partial charge in [0.15, 0.2) is 4.75 Å². The van der Waals surface area contributed by atoms with E-state index in [0.29, 0.717) is 6.42 Å². The van der Waals surface area contributed by atoms with Crippen LogP contribution in [0.3, 0.4) is 0 Å². The summed E-state index contributed by atoms with van der Waals surface area (Å²) in [6.07, 6.45) is 10.8. The number of carboxylic acid groups (broad SMARTS) is 1. The highest BCUT2D eigenvalue weighted by atomic mass is 32.2. The van der Waals surface area contributed by atoms with Gasteiger partial charge in [0.05, 0.1) is 0 Å². The molecule has 1 atom stereocenters. The highest BCUT2D eigenvalue weighted by Crippen LogP contribution is 2.28. The predicted octanol–water partition coefficient (Wildman–Crippen LogP) is 4.42. The molecule has 5 nitrogen and oxygen atoms in total. The summed E-state index contributed by atoms with van der Waals surface area (Å²) < 4.78 is 30.0. The zero-order valence-electron chi connectivity index (χ0n) is 14.0. The van der Waals surface area contributed by atoms with E-state index >= 15 is 0 Å². The van der Waals surface area contributed by atoms with Crippen molar-refractivity contribution in [3.63, 3.8) is 0 Å². The van der Waals surface area contributed by atoms with Crippen LogP contribution in [0, 0.1) is 0 Å². The molecule has 0 aromatic heterocycles. The lowest BCUT2D eigenvalue weighted by molar-refractivity contribution is -0.140. The molecule has 6 heteroatoms. The van der Waals surface area contributed by atoms with Crippen LogP contribution in [0.2, 0.25) is 0 Å². The molecule has 0 rings (SSSR count). The van der Waals surface area contributed by atoms with Gasteiger partial charge in [-0.05, 0) is 12.8 Å². The summed E-state index contributed by atoms with van der Waals surface area (Å²) in [4.78, 5) is 11.3. The molecule has 0 bridgehead atoms. The molecule has 0 spiro atoms. The Morgan fingerprint density at radius 3 is 1.59 bits per heavy atom. The molecule has 0 aliphatic heterocycles. The third-order valence-corrected chi connectivity index (χ3v) is 6.04. The maximum absolute atomic E-state index is 11.4. The van der Waals surface area contributed by atoms with Crippen LogP contribution in [0.4, 0.5) is 0 Å². The molecule has 0 aromatic rings. The van der Waals surface area contributed by atoms with Crippen LogP contribution in [-0.4, -0.2) is 28.8 Å². The van der Waals surface area contributed by atoms with Gasteiger partial charge >= 0.3 is 5.97 Å². The van der Waals surface area contributed by atoms with Gasteiger partial charge in [-0.3, -0.25) is 9.35 Å².